The summed E-state index contributed by atoms with van der Waals surface area (Å²) in [6.45, 7) is 2.38. The third-order valence-electron chi connectivity index (χ3n) is 5.93. The molecule has 1 aliphatic rings. The molecule has 0 unspecified atom stereocenters. The van der Waals surface area contributed by atoms with Gasteiger partial charge in [-0.1, -0.05) is 30.3 Å². The fourth-order valence-electron chi connectivity index (χ4n) is 4.16. The van der Waals surface area contributed by atoms with Crippen molar-refractivity contribution in [3.05, 3.63) is 65.0 Å². The topological polar surface area (TPSA) is 128 Å². The predicted molar refractivity (Wildman–Crippen MR) is 138 cm³/mol. The molecule has 2 heterocycles. The number of piperidine rings is 1. The molecule has 2 amide bonds. The summed E-state index contributed by atoms with van der Waals surface area (Å²) in [5.74, 6) is -2.25. The molecule has 1 fully saturated rings. The molecule has 4 rings (SSSR count). The first-order valence-corrected chi connectivity index (χ1v) is 12.3. The number of hydrogen-bond acceptors (Lipinski definition) is 6. The van der Waals surface area contributed by atoms with E-state index in [9.17, 15) is 19.5 Å². The molecule has 1 saturated heterocycles. The Balaban J connectivity index is 1.41. The molecule has 0 bridgehead atoms. The number of hydrogen-bond donors (Lipinski definition) is 4. The number of thiophene rings is 1. The number of likely N-dealkylation sites (tertiary alicyclic amines) is 1. The van der Waals surface area contributed by atoms with Gasteiger partial charge in [0.05, 0.1) is 0 Å². The van der Waals surface area contributed by atoms with Gasteiger partial charge in [0.15, 0.2) is 11.5 Å². The Morgan fingerprint density at radius 2 is 1.72 bits per heavy atom. The number of carboxylic acid groups (broad SMARTS) is 2. The van der Waals surface area contributed by atoms with Crippen molar-refractivity contribution < 1.29 is 29.3 Å². The van der Waals surface area contributed by atoms with Crippen LogP contribution < -0.4 is 15.4 Å². The summed E-state index contributed by atoms with van der Waals surface area (Å²) < 4.78 is 5.29. The summed E-state index contributed by atoms with van der Waals surface area (Å²) in [6, 6.07) is 17.1. The molecule has 0 aliphatic carbocycles. The number of carbonyl (C=O) groups excluding carboxylic acids is 1. The van der Waals surface area contributed by atoms with Gasteiger partial charge < -0.3 is 30.5 Å². The van der Waals surface area contributed by atoms with Crippen molar-refractivity contribution in [2.75, 3.05) is 30.3 Å². The number of nitrogens with zero attached hydrogens (tertiary/aromatic N) is 1. The van der Waals surface area contributed by atoms with Gasteiger partial charge in [-0.2, -0.15) is 0 Å². The van der Waals surface area contributed by atoms with Crippen molar-refractivity contribution in [1.29, 1.82) is 0 Å². The lowest BCUT2D eigenvalue weighted by molar-refractivity contribution is -0.139. The second-order valence-corrected chi connectivity index (χ2v) is 9.51. The van der Waals surface area contributed by atoms with Crippen LogP contribution in [0.4, 0.5) is 16.2 Å². The van der Waals surface area contributed by atoms with E-state index in [-0.39, 0.29) is 22.7 Å². The minimum absolute atomic E-state index is 0.0248. The van der Waals surface area contributed by atoms with E-state index in [1.807, 2.05) is 59.5 Å². The molecule has 0 spiro atoms. The van der Waals surface area contributed by atoms with Crippen molar-refractivity contribution in [2.45, 2.75) is 25.8 Å². The van der Waals surface area contributed by atoms with Crippen LogP contribution in [0.15, 0.2) is 54.6 Å². The average molecular weight is 510 g/mol. The molecule has 1 aromatic heterocycles. The highest BCUT2D eigenvalue weighted by atomic mass is 32.1. The number of ether oxygens (including phenoxy) is 1. The first kappa shape index (κ1) is 25.1. The van der Waals surface area contributed by atoms with E-state index in [2.05, 4.69) is 10.6 Å². The first-order valence-electron chi connectivity index (χ1n) is 11.5. The Kier molecular flexibility index (Phi) is 7.74. The second kappa shape index (κ2) is 11.1. The number of carboxylic acids is 2. The molecule has 1 aliphatic heterocycles. The number of rotatable bonds is 8. The van der Waals surface area contributed by atoms with Crippen molar-refractivity contribution in [3.8, 4) is 16.2 Å². The molecule has 4 N–H and O–H groups in total. The summed E-state index contributed by atoms with van der Waals surface area (Å²) in [7, 11) is 0. The molecule has 2 aromatic carbocycles. The Morgan fingerprint density at radius 3 is 2.39 bits per heavy atom. The van der Waals surface area contributed by atoms with Gasteiger partial charge in [0.1, 0.15) is 5.75 Å². The van der Waals surface area contributed by atoms with Crippen LogP contribution in [-0.4, -0.2) is 58.8 Å². The van der Waals surface area contributed by atoms with E-state index in [1.165, 1.54) is 0 Å². The first-order chi connectivity index (χ1) is 17.3. The fraction of sp³-hybridized carbons (Fsp3) is 0.269. The molecule has 0 saturated carbocycles. The van der Waals surface area contributed by atoms with Crippen molar-refractivity contribution in [2.24, 2.45) is 0 Å². The minimum atomic E-state index is -1.17. The van der Waals surface area contributed by atoms with Gasteiger partial charge in [-0.05, 0) is 49.6 Å². The highest BCUT2D eigenvalue weighted by Gasteiger charge is 2.25. The molecule has 0 radical (unpaired) electrons. The molecule has 3 aromatic rings. The zero-order valence-corrected chi connectivity index (χ0v) is 20.5. The van der Waals surface area contributed by atoms with Crippen LogP contribution in [0.25, 0.3) is 10.4 Å². The molecule has 10 heteroatoms. The molecular formula is C26H27N3O6S. The van der Waals surface area contributed by atoms with Gasteiger partial charge in [-0.25, -0.2) is 14.4 Å². The fourth-order valence-corrected chi connectivity index (χ4v) is 5.25. The molecule has 9 nitrogen and oxygen atoms in total. The van der Waals surface area contributed by atoms with Crippen LogP contribution in [-0.2, 0) is 4.79 Å². The quantitative estimate of drug-likeness (QED) is 0.337. The van der Waals surface area contributed by atoms with Crippen molar-refractivity contribution in [3.63, 3.8) is 0 Å². The van der Waals surface area contributed by atoms with Gasteiger partial charge in [-0.3, -0.25) is 0 Å². The van der Waals surface area contributed by atoms with E-state index in [0.717, 1.165) is 41.1 Å². The molecular weight excluding hydrogens is 482 g/mol. The van der Waals surface area contributed by atoms with Crippen molar-refractivity contribution in [1.82, 2.24) is 4.90 Å². The van der Waals surface area contributed by atoms with Gasteiger partial charge in [0, 0.05) is 40.9 Å². The maximum atomic E-state index is 12.5. The van der Waals surface area contributed by atoms with Gasteiger partial charge >= 0.3 is 18.0 Å². The highest BCUT2D eigenvalue weighted by Crippen LogP contribution is 2.42. The number of benzene rings is 2. The maximum absolute atomic E-state index is 12.5. The summed E-state index contributed by atoms with van der Waals surface area (Å²) in [6.07, 6.45) is 1.58. The Bertz CT molecular complexity index is 1250. The summed E-state index contributed by atoms with van der Waals surface area (Å²) in [5.41, 5.74) is 3.06. The number of carbonyl (C=O) groups is 3. The zero-order chi connectivity index (χ0) is 25.7. The van der Waals surface area contributed by atoms with E-state index in [4.69, 9.17) is 9.84 Å². The molecule has 0 atom stereocenters. The van der Waals surface area contributed by atoms with E-state index in [1.54, 1.807) is 6.92 Å². The Labute approximate surface area is 212 Å². The number of aromatic carboxylic acids is 1. The third-order valence-corrected chi connectivity index (χ3v) is 7.24. The molecule has 188 valence electrons. The summed E-state index contributed by atoms with van der Waals surface area (Å²) >= 11 is 1.06. The standard InChI is InChI=1S/C26H27N3O6S/c1-16-22(35-15-21(30)31)24(25(32)33)36-23(16)17-6-5-9-20(14-17)27-19-10-12-29(13-11-19)26(34)28-18-7-3-2-4-8-18/h2-9,14,19,27H,10-13,15H2,1H3,(H,28,34)(H,30,31)(H,32,33). The van der Waals surface area contributed by atoms with Crippen LogP contribution in [0.1, 0.15) is 28.1 Å². The van der Waals surface area contributed by atoms with Crippen LogP contribution in [0.5, 0.6) is 5.75 Å². The highest BCUT2D eigenvalue weighted by molar-refractivity contribution is 7.18. The number of amides is 2. The van der Waals surface area contributed by atoms with Crippen LogP contribution in [0, 0.1) is 6.92 Å². The summed E-state index contributed by atoms with van der Waals surface area (Å²) in [4.78, 5) is 37.7. The lowest BCUT2D eigenvalue weighted by Gasteiger charge is -2.33. The zero-order valence-electron chi connectivity index (χ0n) is 19.7. The second-order valence-electron chi connectivity index (χ2n) is 8.48. The Hall–Kier alpha value is -4.05. The number of urea groups is 1. The number of aliphatic carboxylic acids is 1. The third kappa shape index (κ3) is 5.95. The number of para-hydroxylation sites is 1. The number of nitrogens with one attached hydrogen (secondary N) is 2. The Morgan fingerprint density at radius 1 is 1.03 bits per heavy atom. The smallest absolute Gasteiger partial charge is 0.349 e. The minimum Gasteiger partial charge on any atom is -0.480 e. The van der Waals surface area contributed by atoms with Gasteiger partial charge in [0.25, 0.3) is 0 Å². The molecule has 36 heavy (non-hydrogen) atoms. The van der Waals surface area contributed by atoms with Crippen molar-refractivity contribution >= 4 is 40.7 Å². The van der Waals surface area contributed by atoms with E-state index >= 15 is 0 Å². The largest absolute Gasteiger partial charge is 0.480 e. The average Bonchev–Trinajstić information content (AvgIpc) is 3.20. The lowest BCUT2D eigenvalue weighted by Crippen LogP contribution is -2.44. The number of anilines is 2. The van der Waals surface area contributed by atoms with Crippen LogP contribution in [0.3, 0.4) is 0 Å². The predicted octanol–water partition coefficient (Wildman–Crippen LogP) is 4.99. The van der Waals surface area contributed by atoms with Gasteiger partial charge in [-0.15, -0.1) is 11.3 Å². The van der Waals surface area contributed by atoms with E-state index in [0.29, 0.717) is 23.5 Å². The van der Waals surface area contributed by atoms with Crippen LogP contribution in [0.2, 0.25) is 0 Å². The normalized spacial score (nSPS) is 13.8. The van der Waals surface area contributed by atoms with E-state index < -0.39 is 18.5 Å². The monoisotopic (exact) mass is 509 g/mol. The van der Waals surface area contributed by atoms with Crippen LogP contribution >= 0.6 is 11.3 Å². The van der Waals surface area contributed by atoms with Gasteiger partial charge in [0.2, 0.25) is 0 Å². The summed E-state index contributed by atoms with van der Waals surface area (Å²) in [5, 5.41) is 24.9. The lowest BCUT2D eigenvalue weighted by atomic mass is 10.0. The maximum Gasteiger partial charge on any atom is 0.349 e. The SMILES string of the molecule is Cc1c(-c2cccc(NC3CCN(C(=O)Nc4ccccc4)CC3)c2)sc(C(=O)O)c1OCC(=O)O.